The summed E-state index contributed by atoms with van der Waals surface area (Å²) in [4.78, 5) is 41.3. The Balaban J connectivity index is 1.21. The second-order valence-electron chi connectivity index (χ2n) is 11.6. The summed E-state index contributed by atoms with van der Waals surface area (Å²) in [5.41, 5.74) is 0.812. The fourth-order valence-corrected chi connectivity index (χ4v) is 7.62. The van der Waals surface area contributed by atoms with Crippen LogP contribution in [-0.4, -0.2) is 33.9 Å². The standard InChI is InChI=1S/C38H25F3N4O6S2/c1-2-48-35(47)31-32(22-11-7-4-8-12-22)44-37-45(33(31)23-13-15-26-27(17-23)50-20-49-26)34(46)28(52-37)18-24-14-16-30(51-24)53-36-42-25(21-9-5-3-6-10-21)19-29(43-36)38(39,40)41/h3-19,33H,2,20H2,1H3/b28-18+/t33-/m0/s1. The summed E-state index contributed by atoms with van der Waals surface area (Å²) < 4.78 is 65.7. The van der Waals surface area contributed by atoms with Crippen molar-refractivity contribution >= 4 is 40.8 Å². The highest BCUT2D eigenvalue weighted by Gasteiger charge is 2.36. The number of benzene rings is 3. The third-order valence-corrected chi connectivity index (χ3v) is 9.99. The monoisotopic (exact) mass is 754 g/mol. The lowest BCUT2D eigenvalue weighted by molar-refractivity contribution is -0.141. The summed E-state index contributed by atoms with van der Waals surface area (Å²) >= 11 is 1.91. The van der Waals surface area contributed by atoms with Crippen LogP contribution in [0.3, 0.4) is 0 Å². The lowest BCUT2D eigenvalue weighted by Crippen LogP contribution is -2.40. The molecule has 0 aliphatic carbocycles. The third-order valence-electron chi connectivity index (χ3n) is 8.22. The van der Waals surface area contributed by atoms with Gasteiger partial charge in [-0.05, 0) is 54.6 Å². The molecule has 5 heterocycles. The lowest BCUT2D eigenvalue weighted by atomic mass is 9.93. The van der Waals surface area contributed by atoms with E-state index in [0.717, 1.165) is 29.2 Å². The Morgan fingerprint density at radius 3 is 2.43 bits per heavy atom. The zero-order valence-corrected chi connectivity index (χ0v) is 29.1. The molecule has 3 aromatic carbocycles. The number of halogens is 3. The van der Waals surface area contributed by atoms with Gasteiger partial charge in [0.15, 0.2) is 26.5 Å². The Hall–Kier alpha value is -5.93. The van der Waals surface area contributed by atoms with Gasteiger partial charge in [0, 0.05) is 17.2 Å². The average molecular weight is 755 g/mol. The maximum Gasteiger partial charge on any atom is 0.433 e. The first kappa shape index (κ1) is 34.2. The molecule has 2 aliphatic heterocycles. The highest BCUT2D eigenvalue weighted by atomic mass is 32.2. The fraction of sp³-hybridized carbons (Fsp3) is 0.132. The van der Waals surface area contributed by atoms with Crippen molar-refractivity contribution in [2.75, 3.05) is 13.4 Å². The number of rotatable bonds is 8. The molecular weight excluding hydrogens is 730 g/mol. The number of fused-ring (bicyclic) bond motifs is 2. The quantitative estimate of drug-likeness (QED) is 0.121. The number of esters is 1. The smallest absolute Gasteiger partial charge is 0.433 e. The van der Waals surface area contributed by atoms with Gasteiger partial charge < -0.3 is 18.6 Å². The van der Waals surface area contributed by atoms with Crippen molar-refractivity contribution in [1.29, 1.82) is 0 Å². The average Bonchev–Trinajstić information content (AvgIpc) is 3.90. The largest absolute Gasteiger partial charge is 0.463 e. The minimum absolute atomic E-state index is 0.0366. The zero-order chi connectivity index (χ0) is 36.7. The van der Waals surface area contributed by atoms with Gasteiger partial charge in [-0.3, -0.25) is 9.36 Å². The van der Waals surface area contributed by atoms with Gasteiger partial charge in [0.2, 0.25) is 6.79 Å². The van der Waals surface area contributed by atoms with Gasteiger partial charge in [-0.2, -0.15) is 13.2 Å². The van der Waals surface area contributed by atoms with E-state index in [0.29, 0.717) is 38.7 Å². The summed E-state index contributed by atoms with van der Waals surface area (Å²) in [6.45, 7) is 1.83. The number of hydrogen-bond donors (Lipinski definition) is 0. The first-order valence-electron chi connectivity index (χ1n) is 16.1. The molecular formula is C38H25F3N4O6S2. The number of ether oxygens (including phenoxy) is 3. The van der Waals surface area contributed by atoms with Gasteiger partial charge >= 0.3 is 12.1 Å². The van der Waals surface area contributed by atoms with E-state index < -0.39 is 29.4 Å². The van der Waals surface area contributed by atoms with Crippen LogP contribution in [0.15, 0.2) is 127 Å². The fourth-order valence-electron chi connectivity index (χ4n) is 5.90. The molecule has 15 heteroatoms. The second kappa shape index (κ2) is 13.9. The number of nitrogens with zero attached hydrogens (tertiary/aromatic N) is 4. The highest BCUT2D eigenvalue weighted by molar-refractivity contribution is 7.99. The van der Waals surface area contributed by atoms with E-state index in [1.165, 1.54) is 10.6 Å². The maximum atomic E-state index is 14.3. The summed E-state index contributed by atoms with van der Waals surface area (Å²) in [6.07, 6.45) is -3.18. The number of thiazole rings is 1. The van der Waals surface area contributed by atoms with Gasteiger partial charge in [0.1, 0.15) is 11.5 Å². The molecule has 0 N–H and O–H groups in total. The topological polar surface area (TPSA) is 118 Å². The molecule has 1 atom stereocenters. The normalized spacial score (nSPS) is 15.3. The summed E-state index contributed by atoms with van der Waals surface area (Å²) in [6, 6.07) is 25.9. The van der Waals surface area contributed by atoms with Crippen molar-refractivity contribution < 1.29 is 36.6 Å². The Morgan fingerprint density at radius 1 is 0.962 bits per heavy atom. The van der Waals surface area contributed by atoms with Gasteiger partial charge in [-0.1, -0.05) is 78.1 Å². The predicted octanol–water partition coefficient (Wildman–Crippen LogP) is 6.88. The number of alkyl halides is 3. The van der Waals surface area contributed by atoms with Crippen LogP contribution in [0.25, 0.3) is 23.0 Å². The molecule has 3 aromatic heterocycles. The maximum absolute atomic E-state index is 14.3. The van der Waals surface area contributed by atoms with E-state index in [1.807, 2.05) is 30.3 Å². The SMILES string of the molecule is CCOC(=O)C1=C(c2ccccc2)N=c2s/c(=C/c3ccc(Sc4nc(-c5ccccc5)cc(C(F)(F)F)n4)o3)c(=O)n2[C@H]1c1ccc2c(c1)OCO2. The molecule has 8 rings (SSSR count). The van der Waals surface area contributed by atoms with Crippen molar-refractivity contribution in [1.82, 2.24) is 14.5 Å². The molecule has 0 bridgehead atoms. The second-order valence-corrected chi connectivity index (χ2v) is 13.6. The zero-order valence-electron chi connectivity index (χ0n) is 27.5. The van der Waals surface area contributed by atoms with Gasteiger partial charge in [0.05, 0.1) is 34.1 Å². The molecule has 53 heavy (non-hydrogen) atoms. The summed E-state index contributed by atoms with van der Waals surface area (Å²) in [5, 5.41) is 0.0409. The molecule has 0 radical (unpaired) electrons. The molecule has 0 fully saturated rings. The lowest BCUT2D eigenvalue weighted by Gasteiger charge is -2.26. The Morgan fingerprint density at radius 2 is 1.70 bits per heavy atom. The van der Waals surface area contributed by atoms with Crippen LogP contribution in [0.1, 0.15) is 35.5 Å². The van der Waals surface area contributed by atoms with Gasteiger partial charge in [-0.25, -0.2) is 19.8 Å². The third kappa shape index (κ3) is 6.76. The minimum atomic E-state index is -4.70. The predicted molar refractivity (Wildman–Crippen MR) is 189 cm³/mol. The minimum Gasteiger partial charge on any atom is -0.463 e. The molecule has 266 valence electrons. The van der Waals surface area contributed by atoms with Crippen molar-refractivity contribution in [3.63, 3.8) is 0 Å². The van der Waals surface area contributed by atoms with Crippen molar-refractivity contribution in [2.24, 2.45) is 4.99 Å². The molecule has 0 unspecified atom stereocenters. The number of aromatic nitrogens is 3. The number of furan rings is 1. The van der Waals surface area contributed by atoms with Crippen molar-refractivity contribution in [2.45, 2.75) is 29.4 Å². The molecule has 0 spiro atoms. The van der Waals surface area contributed by atoms with Crippen LogP contribution in [0.4, 0.5) is 13.2 Å². The molecule has 10 nitrogen and oxygen atoms in total. The van der Waals surface area contributed by atoms with Crippen LogP contribution in [-0.2, 0) is 15.7 Å². The molecule has 2 aliphatic rings. The summed E-state index contributed by atoms with van der Waals surface area (Å²) in [7, 11) is 0. The van der Waals surface area contributed by atoms with Crippen LogP contribution in [0.2, 0.25) is 0 Å². The van der Waals surface area contributed by atoms with E-state index in [9.17, 15) is 22.8 Å². The van der Waals surface area contributed by atoms with E-state index in [-0.39, 0.29) is 45.2 Å². The van der Waals surface area contributed by atoms with Crippen LogP contribution >= 0.6 is 23.1 Å². The van der Waals surface area contributed by atoms with Crippen LogP contribution in [0, 0.1) is 0 Å². The molecule has 0 saturated carbocycles. The van der Waals surface area contributed by atoms with Crippen LogP contribution < -0.4 is 24.4 Å². The van der Waals surface area contributed by atoms with Crippen molar-refractivity contribution in [3.05, 3.63) is 145 Å². The molecule has 6 aromatic rings. The molecule has 0 amide bonds. The Labute approximate surface area is 306 Å². The number of carbonyl (C=O) groups excluding carboxylic acids is 1. The van der Waals surface area contributed by atoms with E-state index in [1.54, 1.807) is 67.6 Å². The highest BCUT2D eigenvalue weighted by Crippen LogP contribution is 2.40. The van der Waals surface area contributed by atoms with E-state index in [2.05, 4.69) is 9.97 Å². The Bertz CT molecular complexity index is 2580. The van der Waals surface area contributed by atoms with E-state index >= 15 is 0 Å². The number of hydrogen-bond acceptors (Lipinski definition) is 11. The molecule has 0 saturated heterocycles. The summed E-state index contributed by atoms with van der Waals surface area (Å²) in [5.74, 6) is 0.615. The van der Waals surface area contributed by atoms with Gasteiger partial charge in [-0.15, -0.1) is 0 Å². The van der Waals surface area contributed by atoms with E-state index in [4.69, 9.17) is 23.6 Å². The van der Waals surface area contributed by atoms with Gasteiger partial charge in [0.25, 0.3) is 5.56 Å². The number of carbonyl (C=O) groups is 1. The van der Waals surface area contributed by atoms with Crippen LogP contribution in [0.5, 0.6) is 11.5 Å². The first-order valence-corrected chi connectivity index (χ1v) is 17.8. The Kier molecular flexibility index (Phi) is 8.96. The first-order chi connectivity index (χ1) is 25.7. The van der Waals surface area contributed by atoms with Crippen molar-refractivity contribution in [3.8, 4) is 22.8 Å².